The summed E-state index contributed by atoms with van der Waals surface area (Å²) in [4.78, 5) is 24.5. The SMILES string of the molecule is CCCN1C(=O)CC/C1=C/C(=O)C(Cl)(Cl)Cl. The van der Waals surface area contributed by atoms with Gasteiger partial charge in [-0.05, 0) is 12.8 Å². The van der Waals surface area contributed by atoms with Crippen molar-refractivity contribution in [2.24, 2.45) is 0 Å². The molecule has 16 heavy (non-hydrogen) atoms. The Morgan fingerprint density at radius 3 is 2.56 bits per heavy atom. The highest BCUT2D eigenvalue weighted by Crippen LogP contribution is 2.30. The van der Waals surface area contributed by atoms with Crippen molar-refractivity contribution < 1.29 is 9.59 Å². The Kier molecular flexibility index (Phi) is 4.65. The van der Waals surface area contributed by atoms with E-state index in [1.807, 2.05) is 6.92 Å². The van der Waals surface area contributed by atoms with Gasteiger partial charge in [-0.3, -0.25) is 9.59 Å². The molecule has 0 radical (unpaired) electrons. The van der Waals surface area contributed by atoms with Gasteiger partial charge in [0.05, 0.1) is 0 Å². The summed E-state index contributed by atoms with van der Waals surface area (Å²) >= 11 is 16.4. The summed E-state index contributed by atoms with van der Waals surface area (Å²) in [5.74, 6) is -0.589. The number of likely N-dealkylation sites (tertiary alicyclic amines) is 1. The summed E-state index contributed by atoms with van der Waals surface area (Å²) in [5.41, 5.74) is 0.642. The van der Waals surface area contributed by atoms with Gasteiger partial charge in [-0.15, -0.1) is 0 Å². The van der Waals surface area contributed by atoms with Gasteiger partial charge in [0.2, 0.25) is 11.7 Å². The van der Waals surface area contributed by atoms with E-state index < -0.39 is 9.58 Å². The highest BCUT2D eigenvalue weighted by Gasteiger charge is 2.32. The number of hydrogen-bond donors (Lipinski definition) is 0. The largest absolute Gasteiger partial charge is 0.316 e. The summed E-state index contributed by atoms with van der Waals surface area (Å²) in [6, 6.07) is 0. The molecule has 1 heterocycles. The normalized spacial score (nSPS) is 19.6. The molecule has 0 aromatic carbocycles. The van der Waals surface area contributed by atoms with Crippen LogP contribution in [0, 0.1) is 0 Å². The quantitative estimate of drug-likeness (QED) is 0.590. The fourth-order valence-electron chi connectivity index (χ4n) is 1.54. The molecule has 1 amide bonds. The van der Waals surface area contributed by atoms with E-state index >= 15 is 0 Å². The average molecular weight is 285 g/mol. The number of rotatable bonds is 3. The molecular formula is C10H12Cl3NO2. The first-order chi connectivity index (χ1) is 7.36. The molecule has 0 aromatic rings. The molecular weight excluding hydrogens is 272 g/mol. The van der Waals surface area contributed by atoms with Crippen molar-refractivity contribution in [1.29, 1.82) is 0 Å². The molecule has 1 aliphatic rings. The molecule has 3 nitrogen and oxygen atoms in total. The molecule has 6 heteroatoms. The molecule has 1 fully saturated rings. The van der Waals surface area contributed by atoms with Gasteiger partial charge in [-0.25, -0.2) is 0 Å². The standard InChI is InChI=1S/C10H12Cl3NO2/c1-2-5-14-7(3-4-9(14)16)6-8(15)10(11,12)13/h6H,2-5H2,1H3/b7-6-. The maximum Gasteiger partial charge on any atom is 0.252 e. The molecule has 0 aliphatic carbocycles. The van der Waals surface area contributed by atoms with E-state index in [0.717, 1.165) is 6.42 Å². The fraction of sp³-hybridized carbons (Fsp3) is 0.600. The Balaban J connectivity index is 2.83. The van der Waals surface area contributed by atoms with Gasteiger partial charge in [-0.2, -0.15) is 0 Å². The van der Waals surface area contributed by atoms with Crippen LogP contribution < -0.4 is 0 Å². The first kappa shape index (κ1) is 13.8. The summed E-state index contributed by atoms with van der Waals surface area (Å²) in [5, 5.41) is 0. The van der Waals surface area contributed by atoms with E-state index in [4.69, 9.17) is 34.8 Å². The number of carbonyl (C=O) groups excluding carboxylic acids is 2. The third-order valence-electron chi connectivity index (χ3n) is 2.27. The number of allylic oxidation sites excluding steroid dienone is 2. The van der Waals surface area contributed by atoms with Crippen LogP contribution >= 0.6 is 34.8 Å². The molecule has 0 aromatic heterocycles. The van der Waals surface area contributed by atoms with Crippen molar-refractivity contribution in [3.63, 3.8) is 0 Å². The van der Waals surface area contributed by atoms with Crippen LogP contribution in [-0.2, 0) is 9.59 Å². The van der Waals surface area contributed by atoms with Gasteiger partial charge in [-0.1, -0.05) is 41.7 Å². The maximum atomic E-state index is 11.5. The second-order valence-corrected chi connectivity index (χ2v) is 5.82. The zero-order chi connectivity index (χ0) is 12.3. The van der Waals surface area contributed by atoms with Crippen LogP contribution in [0.25, 0.3) is 0 Å². The van der Waals surface area contributed by atoms with Gasteiger partial charge in [0.1, 0.15) is 0 Å². The minimum Gasteiger partial charge on any atom is -0.316 e. The number of carbonyl (C=O) groups is 2. The van der Waals surface area contributed by atoms with Crippen molar-refractivity contribution in [1.82, 2.24) is 4.90 Å². The van der Waals surface area contributed by atoms with Gasteiger partial charge in [0, 0.05) is 24.7 Å². The van der Waals surface area contributed by atoms with Crippen LogP contribution in [0.5, 0.6) is 0 Å². The molecule has 0 bridgehead atoms. The van der Waals surface area contributed by atoms with Crippen molar-refractivity contribution >= 4 is 46.5 Å². The predicted molar refractivity (Wildman–Crippen MR) is 64.6 cm³/mol. The Hall–Kier alpha value is -0.250. The smallest absolute Gasteiger partial charge is 0.252 e. The van der Waals surface area contributed by atoms with Crippen molar-refractivity contribution in [2.45, 2.75) is 30.0 Å². The van der Waals surface area contributed by atoms with E-state index in [9.17, 15) is 9.59 Å². The van der Waals surface area contributed by atoms with E-state index in [-0.39, 0.29) is 5.91 Å². The third kappa shape index (κ3) is 3.37. The van der Waals surface area contributed by atoms with Crippen molar-refractivity contribution in [2.75, 3.05) is 6.54 Å². The summed E-state index contributed by atoms with van der Waals surface area (Å²) in [6.07, 6.45) is 3.03. The number of ketones is 1. The van der Waals surface area contributed by atoms with E-state index in [1.165, 1.54) is 6.08 Å². The Labute approximate surface area is 109 Å². The van der Waals surface area contributed by atoms with Crippen molar-refractivity contribution in [3.05, 3.63) is 11.8 Å². The van der Waals surface area contributed by atoms with Crippen LogP contribution in [0.15, 0.2) is 11.8 Å². The van der Waals surface area contributed by atoms with Crippen LogP contribution in [-0.4, -0.2) is 26.9 Å². The van der Waals surface area contributed by atoms with Gasteiger partial charge in [0.15, 0.2) is 0 Å². The minimum absolute atomic E-state index is 0.0187. The number of halogens is 3. The monoisotopic (exact) mass is 283 g/mol. The van der Waals surface area contributed by atoms with E-state index in [1.54, 1.807) is 4.90 Å². The molecule has 0 atom stereocenters. The molecule has 0 N–H and O–H groups in total. The summed E-state index contributed by atoms with van der Waals surface area (Å²) in [7, 11) is 0. The highest BCUT2D eigenvalue weighted by atomic mass is 35.6. The first-order valence-electron chi connectivity index (χ1n) is 4.98. The summed E-state index contributed by atoms with van der Waals surface area (Å²) in [6.45, 7) is 2.55. The van der Waals surface area contributed by atoms with E-state index in [2.05, 4.69) is 0 Å². The molecule has 0 saturated carbocycles. The van der Waals surface area contributed by atoms with Crippen molar-refractivity contribution in [3.8, 4) is 0 Å². The average Bonchev–Trinajstić information content (AvgIpc) is 2.49. The van der Waals surface area contributed by atoms with Gasteiger partial charge >= 0.3 is 0 Å². The zero-order valence-corrected chi connectivity index (χ0v) is 11.1. The molecule has 0 unspecified atom stereocenters. The minimum atomic E-state index is -1.95. The lowest BCUT2D eigenvalue weighted by Crippen LogP contribution is -2.26. The summed E-state index contributed by atoms with van der Waals surface area (Å²) < 4.78 is -1.95. The Morgan fingerprint density at radius 1 is 1.44 bits per heavy atom. The van der Waals surface area contributed by atoms with Gasteiger partial charge in [0.25, 0.3) is 3.79 Å². The zero-order valence-electron chi connectivity index (χ0n) is 8.80. The van der Waals surface area contributed by atoms with Crippen LogP contribution in [0.4, 0.5) is 0 Å². The second-order valence-electron chi connectivity index (χ2n) is 3.54. The number of amides is 1. The second kappa shape index (κ2) is 5.39. The van der Waals surface area contributed by atoms with E-state index in [0.29, 0.717) is 25.1 Å². The highest BCUT2D eigenvalue weighted by molar-refractivity contribution is 6.77. The van der Waals surface area contributed by atoms with Crippen LogP contribution in [0.3, 0.4) is 0 Å². The number of nitrogens with zero attached hydrogens (tertiary/aromatic N) is 1. The Morgan fingerprint density at radius 2 is 2.06 bits per heavy atom. The molecule has 1 rings (SSSR count). The maximum absolute atomic E-state index is 11.5. The fourth-order valence-corrected chi connectivity index (χ4v) is 1.70. The number of alkyl halides is 3. The molecule has 1 saturated heterocycles. The number of hydrogen-bond acceptors (Lipinski definition) is 2. The lowest BCUT2D eigenvalue weighted by molar-refractivity contribution is -0.126. The topological polar surface area (TPSA) is 37.4 Å². The first-order valence-corrected chi connectivity index (χ1v) is 6.11. The molecule has 90 valence electrons. The predicted octanol–water partition coefficient (Wildman–Crippen LogP) is 2.84. The van der Waals surface area contributed by atoms with Crippen LogP contribution in [0.1, 0.15) is 26.2 Å². The molecule has 0 spiro atoms. The van der Waals surface area contributed by atoms with Crippen LogP contribution in [0.2, 0.25) is 0 Å². The third-order valence-corrected chi connectivity index (χ3v) is 2.83. The lowest BCUT2D eigenvalue weighted by atomic mass is 10.2. The lowest BCUT2D eigenvalue weighted by Gasteiger charge is -2.17. The Bertz CT molecular complexity index is 333. The molecule has 1 aliphatic heterocycles. The van der Waals surface area contributed by atoms with Gasteiger partial charge < -0.3 is 4.90 Å².